The number of rotatable bonds is 1. The van der Waals surface area contributed by atoms with Crippen LogP contribution < -0.4 is 5.32 Å². The molecule has 0 unspecified atom stereocenters. The Kier molecular flexibility index (Phi) is 1.85. The van der Waals surface area contributed by atoms with Gasteiger partial charge >= 0.3 is 0 Å². The molecule has 2 aliphatic heterocycles. The molecule has 0 saturated carbocycles. The molecule has 11 heavy (non-hydrogen) atoms. The molecule has 0 spiro atoms. The van der Waals surface area contributed by atoms with Crippen molar-refractivity contribution in [3.8, 4) is 0 Å². The van der Waals surface area contributed by atoms with E-state index >= 15 is 0 Å². The summed E-state index contributed by atoms with van der Waals surface area (Å²) in [6, 6.07) is 0.233. The van der Waals surface area contributed by atoms with E-state index in [2.05, 4.69) is 5.32 Å². The van der Waals surface area contributed by atoms with Crippen LogP contribution in [-0.4, -0.2) is 50.1 Å². The molecular formula is C7H14N2O2. The fraction of sp³-hybridized carbons (Fsp3) is 1.00. The van der Waals surface area contributed by atoms with Gasteiger partial charge in [0.15, 0.2) is 0 Å². The molecule has 0 bridgehead atoms. The van der Waals surface area contributed by atoms with Crippen molar-refractivity contribution in [2.75, 3.05) is 39.4 Å². The number of hydrogen-bond donors (Lipinski definition) is 1. The second-order valence-corrected chi connectivity index (χ2v) is 3.34. The number of piperazine rings is 1. The summed E-state index contributed by atoms with van der Waals surface area (Å²) in [5.41, 5.74) is 0. The standard InChI is InChI=1S/C7H14N2O2/c10-9(7-5-11-6-7)3-1-8-2-4-9/h7-8H,1-6H2. The normalized spacial score (nSPS) is 31.4. The van der Waals surface area contributed by atoms with E-state index in [-0.39, 0.29) is 10.7 Å². The Labute approximate surface area is 66.3 Å². The van der Waals surface area contributed by atoms with E-state index in [1.165, 1.54) is 0 Å². The van der Waals surface area contributed by atoms with E-state index < -0.39 is 0 Å². The maximum Gasteiger partial charge on any atom is 0.136 e. The maximum absolute atomic E-state index is 11.9. The Bertz CT molecular complexity index is 141. The SMILES string of the molecule is [O-][N+]1(C2COC2)CCNCC1. The van der Waals surface area contributed by atoms with E-state index in [0.29, 0.717) is 26.3 Å². The van der Waals surface area contributed by atoms with Gasteiger partial charge in [0.1, 0.15) is 19.3 Å². The van der Waals surface area contributed by atoms with E-state index in [1.807, 2.05) is 0 Å². The van der Waals surface area contributed by atoms with Crippen LogP contribution >= 0.6 is 0 Å². The predicted octanol–water partition coefficient (Wildman–Crippen LogP) is -0.697. The Balaban J connectivity index is 1.94. The number of ether oxygens (including phenoxy) is 1. The van der Waals surface area contributed by atoms with Crippen molar-refractivity contribution in [2.24, 2.45) is 0 Å². The van der Waals surface area contributed by atoms with Crippen molar-refractivity contribution in [2.45, 2.75) is 6.04 Å². The summed E-state index contributed by atoms with van der Waals surface area (Å²) in [6.07, 6.45) is 0. The van der Waals surface area contributed by atoms with Gasteiger partial charge in [-0.15, -0.1) is 0 Å². The molecule has 0 atom stereocenters. The largest absolute Gasteiger partial charge is 0.632 e. The predicted molar refractivity (Wildman–Crippen MR) is 40.8 cm³/mol. The van der Waals surface area contributed by atoms with E-state index in [4.69, 9.17) is 4.74 Å². The number of quaternary nitrogens is 1. The van der Waals surface area contributed by atoms with Gasteiger partial charge in [0, 0.05) is 13.1 Å². The Hall–Kier alpha value is -0.160. The van der Waals surface area contributed by atoms with Crippen LogP contribution in [0.15, 0.2) is 0 Å². The molecule has 0 aromatic carbocycles. The van der Waals surface area contributed by atoms with Crippen molar-refractivity contribution in [1.29, 1.82) is 0 Å². The molecule has 64 valence electrons. The zero-order valence-electron chi connectivity index (χ0n) is 6.58. The molecule has 0 aliphatic carbocycles. The van der Waals surface area contributed by atoms with Crippen LogP contribution in [0.5, 0.6) is 0 Å². The number of hydrogen-bond acceptors (Lipinski definition) is 3. The number of hydroxylamine groups is 3. The highest BCUT2D eigenvalue weighted by Gasteiger charge is 2.35. The summed E-state index contributed by atoms with van der Waals surface area (Å²) in [6.45, 7) is 4.50. The smallest absolute Gasteiger partial charge is 0.136 e. The van der Waals surface area contributed by atoms with E-state index in [9.17, 15) is 5.21 Å². The summed E-state index contributed by atoms with van der Waals surface area (Å²) < 4.78 is 5.00. The summed E-state index contributed by atoms with van der Waals surface area (Å²) in [5.74, 6) is 0. The van der Waals surface area contributed by atoms with E-state index in [0.717, 1.165) is 13.1 Å². The molecule has 0 aromatic heterocycles. The van der Waals surface area contributed by atoms with Crippen LogP contribution in [0, 0.1) is 5.21 Å². The molecule has 2 heterocycles. The lowest BCUT2D eigenvalue weighted by molar-refractivity contribution is -0.916. The summed E-state index contributed by atoms with van der Waals surface area (Å²) in [4.78, 5) is 0. The molecule has 2 rings (SSSR count). The Morgan fingerprint density at radius 2 is 1.91 bits per heavy atom. The molecule has 0 aromatic rings. The van der Waals surface area contributed by atoms with Crippen molar-refractivity contribution >= 4 is 0 Å². The molecule has 4 nitrogen and oxygen atoms in total. The van der Waals surface area contributed by atoms with Crippen molar-refractivity contribution in [1.82, 2.24) is 5.32 Å². The molecule has 2 aliphatic rings. The monoisotopic (exact) mass is 158 g/mol. The summed E-state index contributed by atoms with van der Waals surface area (Å²) >= 11 is 0. The second-order valence-electron chi connectivity index (χ2n) is 3.34. The van der Waals surface area contributed by atoms with Crippen LogP contribution in [0.4, 0.5) is 0 Å². The molecule has 0 radical (unpaired) electrons. The second kappa shape index (κ2) is 2.71. The minimum Gasteiger partial charge on any atom is -0.632 e. The average molecular weight is 158 g/mol. The van der Waals surface area contributed by atoms with Gasteiger partial charge in [0.05, 0.1) is 13.1 Å². The van der Waals surface area contributed by atoms with Crippen LogP contribution in [-0.2, 0) is 4.74 Å². The third-order valence-electron chi connectivity index (χ3n) is 2.62. The van der Waals surface area contributed by atoms with Gasteiger partial charge in [-0.2, -0.15) is 0 Å². The zero-order valence-corrected chi connectivity index (χ0v) is 6.58. The van der Waals surface area contributed by atoms with Gasteiger partial charge in [0.25, 0.3) is 0 Å². The summed E-state index contributed by atoms with van der Waals surface area (Å²) in [5, 5.41) is 15.1. The van der Waals surface area contributed by atoms with Crippen LogP contribution in [0.25, 0.3) is 0 Å². The quantitative estimate of drug-likeness (QED) is 0.405. The Morgan fingerprint density at radius 1 is 1.27 bits per heavy atom. The van der Waals surface area contributed by atoms with Gasteiger partial charge in [-0.05, 0) is 0 Å². The minimum absolute atomic E-state index is 0.0208. The third-order valence-corrected chi connectivity index (χ3v) is 2.62. The van der Waals surface area contributed by atoms with Crippen molar-refractivity contribution in [3.05, 3.63) is 5.21 Å². The minimum atomic E-state index is -0.0208. The first-order valence-corrected chi connectivity index (χ1v) is 4.17. The topological polar surface area (TPSA) is 44.3 Å². The van der Waals surface area contributed by atoms with Gasteiger partial charge in [-0.25, -0.2) is 0 Å². The molecule has 2 fully saturated rings. The molecule has 1 N–H and O–H groups in total. The average Bonchev–Trinajstić information content (AvgIpc) is 1.83. The molecule has 0 amide bonds. The summed E-state index contributed by atoms with van der Waals surface area (Å²) in [7, 11) is 0. The zero-order chi connectivity index (χ0) is 7.73. The van der Waals surface area contributed by atoms with Crippen molar-refractivity contribution < 1.29 is 9.38 Å². The van der Waals surface area contributed by atoms with Crippen LogP contribution in [0.1, 0.15) is 0 Å². The molecular weight excluding hydrogens is 144 g/mol. The van der Waals surface area contributed by atoms with Gasteiger partial charge in [0.2, 0.25) is 0 Å². The van der Waals surface area contributed by atoms with Gasteiger partial charge in [-0.1, -0.05) is 0 Å². The first-order chi connectivity index (χ1) is 5.31. The third kappa shape index (κ3) is 1.27. The van der Waals surface area contributed by atoms with Crippen molar-refractivity contribution in [3.63, 3.8) is 0 Å². The number of nitrogens with zero attached hydrogens (tertiary/aromatic N) is 1. The lowest BCUT2D eigenvalue weighted by Gasteiger charge is -2.53. The molecule has 2 saturated heterocycles. The lowest BCUT2D eigenvalue weighted by atomic mass is 10.2. The number of nitrogens with one attached hydrogen (secondary N) is 1. The van der Waals surface area contributed by atoms with E-state index in [1.54, 1.807) is 0 Å². The van der Waals surface area contributed by atoms with Gasteiger partial charge < -0.3 is 19.9 Å². The first kappa shape index (κ1) is 7.49. The highest BCUT2D eigenvalue weighted by atomic mass is 16.6. The highest BCUT2D eigenvalue weighted by Crippen LogP contribution is 2.19. The van der Waals surface area contributed by atoms with Gasteiger partial charge in [-0.3, -0.25) is 0 Å². The first-order valence-electron chi connectivity index (χ1n) is 4.17. The Morgan fingerprint density at radius 3 is 2.36 bits per heavy atom. The maximum atomic E-state index is 11.9. The van der Waals surface area contributed by atoms with Crippen LogP contribution in [0.3, 0.4) is 0 Å². The van der Waals surface area contributed by atoms with Crippen LogP contribution in [0.2, 0.25) is 0 Å². The molecule has 4 heteroatoms. The fourth-order valence-corrected chi connectivity index (χ4v) is 1.63. The fourth-order valence-electron chi connectivity index (χ4n) is 1.63. The lowest BCUT2D eigenvalue weighted by Crippen LogP contribution is -2.65. The highest BCUT2D eigenvalue weighted by molar-refractivity contribution is 4.71.